The Morgan fingerprint density at radius 3 is 1.34 bits per heavy atom. The Kier molecular flexibility index (Phi) is 6.70. The van der Waals surface area contributed by atoms with Crippen molar-refractivity contribution in [1.82, 2.24) is 15.0 Å². The summed E-state index contributed by atoms with van der Waals surface area (Å²) in [5.41, 5.74) is 4.48. The van der Waals surface area contributed by atoms with Crippen LogP contribution < -0.4 is 16.0 Å². The van der Waals surface area contributed by atoms with E-state index in [4.69, 9.17) is 0 Å². The van der Waals surface area contributed by atoms with E-state index >= 15 is 0 Å². The number of anilines is 6. The van der Waals surface area contributed by atoms with Gasteiger partial charge in [0, 0.05) is 17.1 Å². The molecule has 1 aromatic heterocycles. The molecule has 6 rings (SSSR count). The van der Waals surface area contributed by atoms with E-state index in [0.29, 0.717) is 17.6 Å². The van der Waals surface area contributed by atoms with Crippen molar-refractivity contribution in [2.45, 2.75) is 18.7 Å². The minimum atomic E-state index is -4.30. The number of hydrogen-bond donors (Lipinski definition) is 4. The zero-order chi connectivity index (χ0) is 28.6. The molecule has 10 heteroatoms. The molecule has 0 saturated carbocycles. The lowest BCUT2D eigenvalue weighted by molar-refractivity contribution is 0.483. The van der Waals surface area contributed by atoms with Crippen molar-refractivity contribution in [1.29, 1.82) is 0 Å². The van der Waals surface area contributed by atoms with Gasteiger partial charge in [0.2, 0.25) is 17.8 Å². The average Bonchev–Trinajstić information content (AvgIpc) is 2.92. The molecule has 1 heterocycles. The number of fused-ring (bicyclic) bond motifs is 2. The van der Waals surface area contributed by atoms with Crippen LogP contribution in [0.4, 0.5) is 34.9 Å². The fourth-order valence-corrected chi connectivity index (χ4v) is 5.01. The van der Waals surface area contributed by atoms with Gasteiger partial charge >= 0.3 is 0 Å². The van der Waals surface area contributed by atoms with Crippen molar-refractivity contribution < 1.29 is 13.0 Å². The Balaban J connectivity index is 1.35. The third kappa shape index (κ3) is 6.08. The monoisotopic (exact) mass is 562 g/mol. The molecule has 0 spiro atoms. The summed E-state index contributed by atoms with van der Waals surface area (Å²) in [4.78, 5) is 13.5. The normalized spacial score (nSPS) is 11.5. The molecule has 4 N–H and O–H groups in total. The highest BCUT2D eigenvalue weighted by molar-refractivity contribution is 7.85. The molecule has 0 bridgehead atoms. The lowest BCUT2D eigenvalue weighted by Gasteiger charge is -2.13. The first kappa shape index (κ1) is 26.2. The Morgan fingerprint density at radius 1 is 0.512 bits per heavy atom. The summed E-state index contributed by atoms with van der Waals surface area (Å²) >= 11 is 0. The van der Waals surface area contributed by atoms with Gasteiger partial charge in [0.05, 0.1) is 4.90 Å². The van der Waals surface area contributed by atoms with Crippen LogP contribution in [-0.2, 0) is 10.1 Å². The average molecular weight is 563 g/mol. The van der Waals surface area contributed by atoms with Gasteiger partial charge in [-0.1, -0.05) is 59.7 Å². The summed E-state index contributed by atoms with van der Waals surface area (Å²) in [6.45, 7) is 4.11. The summed E-state index contributed by atoms with van der Waals surface area (Å²) < 4.78 is 32.1. The van der Waals surface area contributed by atoms with Crippen LogP contribution >= 0.6 is 0 Å². The standard InChI is InChI=1S/C31H26N6O3S/c1-19-3-5-21-7-9-26(17-23(21)15-19)33-30-35-29(32-25-11-13-28(14-12-25)41(38,39)40)36-31(37-30)34-27-10-8-22-6-4-20(2)16-24(22)18-27/h3-18H,1-2H3,(H,38,39,40)(H3,32,33,34,35,36,37). The van der Waals surface area contributed by atoms with Crippen LogP contribution in [0.1, 0.15) is 11.1 Å². The summed E-state index contributed by atoms with van der Waals surface area (Å²) in [5, 5.41) is 14.1. The molecular formula is C31H26N6O3S. The van der Waals surface area contributed by atoms with Gasteiger partial charge in [-0.25, -0.2) is 0 Å². The van der Waals surface area contributed by atoms with Gasteiger partial charge in [-0.15, -0.1) is 0 Å². The Bertz CT molecular complexity index is 1920. The number of benzene rings is 5. The molecule has 5 aromatic carbocycles. The molecule has 0 aliphatic rings. The molecule has 0 amide bonds. The molecule has 0 saturated heterocycles. The number of aromatic nitrogens is 3. The van der Waals surface area contributed by atoms with Crippen LogP contribution in [0.3, 0.4) is 0 Å². The van der Waals surface area contributed by atoms with E-state index in [-0.39, 0.29) is 10.8 Å². The molecule has 0 fully saturated rings. The van der Waals surface area contributed by atoms with Gasteiger partial charge in [-0.05, 0) is 83.9 Å². The van der Waals surface area contributed by atoms with Gasteiger partial charge in [0.25, 0.3) is 10.1 Å². The van der Waals surface area contributed by atoms with Gasteiger partial charge in [0.1, 0.15) is 0 Å². The lowest BCUT2D eigenvalue weighted by atomic mass is 10.1. The first-order valence-corrected chi connectivity index (χ1v) is 14.3. The highest BCUT2D eigenvalue weighted by atomic mass is 32.2. The molecule has 0 atom stereocenters. The number of rotatable bonds is 7. The minimum absolute atomic E-state index is 0.207. The molecule has 0 unspecified atom stereocenters. The van der Waals surface area contributed by atoms with Crippen LogP contribution in [0.2, 0.25) is 0 Å². The van der Waals surface area contributed by atoms with E-state index in [9.17, 15) is 13.0 Å². The fourth-order valence-electron chi connectivity index (χ4n) is 4.53. The van der Waals surface area contributed by atoms with Crippen LogP contribution in [0.5, 0.6) is 0 Å². The van der Waals surface area contributed by atoms with E-state index < -0.39 is 10.1 Å². The fraction of sp³-hybridized carbons (Fsp3) is 0.0645. The molecule has 0 aliphatic heterocycles. The SMILES string of the molecule is Cc1ccc2ccc(Nc3nc(Nc4ccc(S(=O)(=O)O)cc4)nc(Nc4ccc5ccc(C)cc5c4)n3)cc2c1. The highest BCUT2D eigenvalue weighted by Crippen LogP contribution is 2.26. The van der Waals surface area contributed by atoms with Crippen LogP contribution in [0.25, 0.3) is 21.5 Å². The Morgan fingerprint density at radius 2 is 0.902 bits per heavy atom. The summed E-state index contributed by atoms with van der Waals surface area (Å²) in [6, 6.07) is 30.2. The van der Waals surface area contributed by atoms with E-state index in [1.807, 2.05) is 36.4 Å². The molecule has 0 radical (unpaired) electrons. The van der Waals surface area contributed by atoms with Crippen LogP contribution in [-0.4, -0.2) is 27.9 Å². The molecule has 9 nitrogen and oxygen atoms in total. The highest BCUT2D eigenvalue weighted by Gasteiger charge is 2.12. The smallest absolute Gasteiger partial charge is 0.294 e. The summed E-state index contributed by atoms with van der Waals surface area (Å²) in [6.07, 6.45) is 0. The maximum atomic E-state index is 11.4. The second-order valence-electron chi connectivity index (χ2n) is 9.81. The minimum Gasteiger partial charge on any atom is -0.324 e. The van der Waals surface area contributed by atoms with Crippen molar-refractivity contribution in [2.24, 2.45) is 0 Å². The third-order valence-corrected chi connectivity index (χ3v) is 7.42. The number of nitrogens with zero attached hydrogens (tertiary/aromatic N) is 3. The maximum absolute atomic E-state index is 11.4. The van der Waals surface area contributed by atoms with E-state index in [1.54, 1.807) is 0 Å². The van der Waals surface area contributed by atoms with Crippen molar-refractivity contribution in [3.8, 4) is 0 Å². The van der Waals surface area contributed by atoms with Gasteiger partial charge < -0.3 is 16.0 Å². The number of hydrogen-bond acceptors (Lipinski definition) is 8. The first-order chi connectivity index (χ1) is 19.7. The first-order valence-electron chi connectivity index (χ1n) is 12.8. The van der Waals surface area contributed by atoms with E-state index in [0.717, 1.165) is 32.9 Å². The van der Waals surface area contributed by atoms with E-state index in [2.05, 4.69) is 81.1 Å². The predicted molar refractivity (Wildman–Crippen MR) is 163 cm³/mol. The second kappa shape index (κ2) is 10.5. The summed E-state index contributed by atoms with van der Waals surface area (Å²) in [7, 11) is -4.30. The van der Waals surface area contributed by atoms with Crippen LogP contribution in [0.15, 0.2) is 102 Å². The molecule has 41 heavy (non-hydrogen) atoms. The Hall–Kier alpha value is -5.06. The zero-order valence-electron chi connectivity index (χ0n) is 22.3. The van der Waals surface area contributed by atoms with Gasteiger partial charge in [-0.2, -0.15) is 23.4 Å². The molecule has 6 aromatic rings. The topological polar surface area (TPSA) is 129 Å². The predicted octanol–water partition coefficient (Wildman–Crippen LogP) is 7.27. The molecule has 204 valence electrons. The van der Waals surface area contributed by atoms with Crippen LogP contribution in [0, 0.1) is 13.8 Å². The van der Waals surface area contributed by atoms with Gasteiger partial charge in [-0.3, -0.25) is 4.55 Å². The second-order valence-corrected chi connectivity index (χ2v) is 11.2. The zero-order valence-corrected chi connectivity index (χ0v) is 23.1. The third-order valence-electron chi connectivity index (χ3n) is 6.55. The Labute approximate surface area is 237 Å². The quantitative estimate of drug-likeness (QED) is 0.148. The summed E-state index contributed by atoms with van der Waals surface area (Å²) in [5.74, 6) is 0.851. The van der Waals surface area contributed by atoms with Crippen molar-refractivity contribution in [3.05, 3.63) is 108 Å². The lowest BCUT2D eigenvalue weighted by Crippen LogP contribution is -2.07. The largest absolute Gasteiger partial charge is 0.324 e. The number of nitrogens with one attached hydrogen (secondary N) is 3. The molecule has 0 aliphatic carbocycles. The number of aryl methyl sites for hydroxylation is 2. The van der Waals surface area contributed by atoms with Crippen molar-refractivity contribution in [3.63, 3.8) is 0 Å². The van der Waals surface area contributed by atoms with Crippen molar-refractivity contribution in [2.75, 3.05) is 16.0 Å². The molecular weight excluding hydrogens is 536 g/mol. The maximum Gasteiger partial charge on any atom is 0.294 e. The van der Waals surface area contributed by atoms with Gasteiger partial charge in [0.15, 0.2) is 0 Å². The van der Waals surface area contributed by atoms with E-state index in [1.165, 1.54) is 35.4 Å². The van der Waals surface area contributed by atoms with Crippen molar-refractivity contribution >= 4 is 66.6 Å².